The highest BCUT2D eigenvalue weighted by Crippen LogP contribution is 2.18. The molecule has 1 N–H and O–H groups in total. The Kier molecular flexibility index (Phi) is 11.8. The number of aliphatic hydroxyl groups is 1. The van der Waals surface area contributed by atoms with Crippen molar-refractivity contribution in [3.63, 3.8) is 0 Å². The van der Waals surface area contributed by atoms with Crippen molar-refractivity contribution in [3.8, 4) is 0 Å². The average Bonchev–Trinajstić information content (AvgIpc) is 2.72. The Hall–Kier alpha value is -3.20. The Labute approximate surface area is 182 Å². The van der Waals surface area contributed by atoms with Crippen LogP contribution in [0.4, 0.5) is 0 Å². The van der Waals surface area contributed by atoms with Crippen LogP contribution < -0.4 is 0 Å². The smallest absolute Gasteiger partial charge is 0.333 e. The maximum atomic E-state index is 12.3. The monoisotopic (exact) mass is 438 g/mol. The molecule has 2 atom stereocenters. The van der Waals surface area contributed by atoms with E-state index in [0.717, 1.165) is 12.2 Å². The van der Waals surface area contributed by atoms with Crippen molar-refractivity contribution in [2.45, 2.75) is 39.9 Å². The SMILES string of the molecule is C=CC(=O)OCC(O)C(C=C(C)C(=O)OCC(C)(C)COC(=O)C(=C)C)OC(=O)C=C. The van der Waals surface area contributed by atoms with Gasteiger partial charge in [-0.1, -0.05) is 33.6 Å². The first kappa shape index (κ1) is 27.8. The van der Waals surface area contributed by atoms with Gasteiger partial charge in [0.25, 0.3) is 0 Å². The maximum Gasteiger partial charge on any atom is 0.333 e. The van der Waals surface area contributed by atoms with E-state index in [0.29, 0.717) is 0 Å². The summed E-state index contributed by atoms with van der Waals surface area (Å²) in [5, 5.41) is 10.2. The van der Waals surface area contributed by atoms with Gasteiger partial charge in [-0.3, -0.25) is 0 Å². The van der Waals surface area contributed by atoms with E-state index >= 15 is 0 Å². The second kappa shape index (κ2) is 13.2. The normalized spacial score (nSPS) is 13.3. The van der Waals surface area contributed by atoms with Crippen molar-refractivity contribution in [1.29, 1.82) is 0 Å². The first-order chi connectivity index (χ1) is 14.3. The molecule has 9 nitrogen and oxygen atoms in total. The molecule has 0 aromatic carbocycles. The molecule has 0 fully saturated rings. The van der Waals surface area contributed by atoms with Gasteiger partial charge in [0.05, 0.1) is 13.2 Å². The molecule has 0 aliphatic rings. The maximum absolute atomic E-state index is 12.3. The van der Waals surface area contributed by atoms with Gasteiger partial charge in [0.15, 0.2) is 6.10 Å². The minimum absolute atomic E-state index is 0.00168. The van der Waals surface area contributed by atoms with Gasteiger partial charge in [-0.15, -0.1) is 0 Å². The predicted octanol–water partition coefficient (Wildman–Crippen LogP) is 1.81. The summed E-state index contributed by atoms with van der Waals surface area (Å²) in [6.07, 6.45) is 0.204. The average molecular weight is 438 g/mol. The molecule has 2 unspecified atom stereocenters. The van der Waals surface area contributed by atoms with Crippen LogP contribution in [0.2, 0.25) is 0 Å². The topological polar surface area (TPSA) is 125 Å². The van der Waals surface area contributed by atoms with E-state index in [9.17, 15) is 24.3 Å². The van der Waals surface area contributed by atoms with Crippen LogP contribution in [0, 0.1) is 5.41 Å². The number of ether oxygens (including phenoxy) is 4. The molecule has 0 rings (SSSR count). The molecule has 0 radical (unpaired) electrons. The van der Waals surface area contributed by atoms with Gasteiger partial charge in [-0.25, -0.2) is 19.2 Å². The van der Waals surface area contributed by atoms with Gasteiger partial charge >= 0.3 is 23.9 Å². The van der Waals surface area contributed by atoms with Gasteiger partial charge in [0, 0.05) is 28.7 Å². The molecule has 0 bridgehead atoms. The summed E-state index contributed by atoms with van der Waals surface area (Å²) in [6, 6.07) is 0. The molecule has 0 saturated heterocycles. The standard InChI is InChI=1S/C22H30O9/c1-8-18(24)28-11-16(23)17(31-19(25)9-2)10-15(5)21(27)30-13-22(6,7)12-29-20(26)14(3)4/h8-10,16-17,23H,1-3,11-13H2,4-7H3. The summed E-state index contributed by atoms with van der Waals surface area (Å²) in [6.45, 7) is 15.8. The Morgan fingerprint density at radius 3 is 1.94 bits per heavy atom. The number of rotatable bonds is 13. The lowest BCUT2D eigenvalue weighted by atomic mass is 9.96. The van der Waals surface area contributed by atoms with Crippen LogP contribution in [0.5, 0.6) is 0 Å². The second-order valence-corrected chi connectivity index (χ2v) is 7.45. The van der Waals surface area contributed by atoms with Crippen LogP contribution in [0.25, 0.3) is 0 Å². The van der Waals surface area contributed by atoms with Crippen molar-refractivity contribution < 1.29 is 43.2 Å². The van der Waals surface area contributed by atoms with Crippen LogP contribution in [0.3, 0.4) is 0 Å². The first-order valence-corrected chi connectivity index (χ1v) is 9.31. The van der Waals surface area contributed by atoms with E-state index in [4.69, 9.17) is 18.9 Å². The summed E-state index contributed by atoms with van der Waals surface area (Å²) in [4.78, 5) is 46.5. The number of esters is 4. The third-order valence-electron chi connectivity index (χ3n) is 3.63. The van der Waals surface area contributed by atoms with Gasteiger partial charge in [0.2, 0.25) is 0 Å². The summed E-state index contributed by atoms with van der Waals surface area (Å²) < 4.78 is 20.0. The third kappa shape index (κ3) is 11.5. The minimum atomic E-state index is -1.45. The van der Waals surface area contributed by atoms with Gasteiger partial charge in [0.1, 0.15) is 12.7 Å². The molecule has 172 valence electrons. The largest absolute Gasteiger partial charge is 0.462 e. The van der Waals surface area contributed by atoms with E-state index < -0.39 is 48.1 Å². The molecule has 0 heterocycles. The summed E-state index contributed by atoms with van der Waals surface area (Å²) in [5.41, 5.74) is -0.386. The molecule has 9 heteroatoms. The highest BCUT2D eigenvalue weighted by Gasteiger charge is 2.26. The highest BCUT2D eigenvalue weighted by atomic mass is 16.6. The fraction of sp³-hybridized carbons (Fsp3) is 0.455. The Morgan fingerprint density at radius 2 is 1.45 bits per heavy atom. The number of aliphatic hydroxyl groups excluding tert-OH is 1. The van der Waals surface area contributed by atoms with E-state index in [1.807, 2.05) is 0 Å². The van der Waals surface area contributed by atoms with Gasteiger partial charge < -0.3 is 24.1 Å². The zero-order valence-corrected chi connectivity index (χ0v) is 18.3. The Bertz CT molecular complexity index is 746. The molecule has 0 aromatic heterocycles. The molecule has 0 amide bonds. The summed E-state index contributed by atoms with van der Waals surface area (Å²) >= 11 is 0. The molecular weight excluding hydrogens is 408 g/mol. The van der Waals surface area contributed by atoms with E-state index in [2.05, 4.69) is 19.7 Å². The number of carbonyl (C=O) groups excluding carboxylic acids is 4. The van der Waals surface area contributed by atoms with Crippen molar-refractivity contribution in [3.05, 3.63) is 49.1 Å². The third-order valence-corrected chi connectivity index (χ3v) is 3.63. The molecule has 0 spiro atoms. The van der Waals surface area contributed by atoms with Gasteiger partial charge in [-0.05, 0) is 19.9 Å². The van der Waals surface area contributed by atoms with Crippen LogP contribution in [0.1, 0.15) is 27.7 Å². The highest BCUT2D eigenvalue weighted by molar-refractivity contribution is 5.88. The quantitative estimate of drug-likeness (QED) is 0.260. The molecule has 31 heavy (non-hydrogen) atoms. The summed E-state index contributed by atoms with van der Waals surface area (Å²) in [5.74, 6) is -2.91. The van der Waals surface area contributed by atoms with Crippen molar-refractivity contribution in [2.75, 3.05) is 19.8 Å². The van der Waals surface area contributed by atoms with Crippen molar-refractivity contribution in [1.82, 2.24) is 0 Å². The molecule has 0 aliphatic heterocycles. The minimum Gasteiger partial charge on any atom is -0.462 e. The lowest BCUT2D eigenvalue weighted by Gasteiger charge is -2.24. The van der Waals surface area contributed by atoms with Gasteiger partial charge in [-0.2, -0.15) is 0 Å². The van der Waals surface area contributed by atoms with Crippen molar-refractivity contribution in [2.24, 2.45) is 5.41 Å². The lowest BCUT2D eigenvalue weighted by molar-refractivity contribution is -0.152. The number of hydrogen-bond donors (Lipinski definition) is 1. The Balaban J connectivity index is 5.09. The zero-order valence-electron chi connectivity index (χ0n) is 18.3. The fourth-order valence-corrected chi connectivity index (χ4v) is 1.84. The lowest BCUT2D eigenvalue weighted by Crippen LogP contribution is -2.34. The first-order valence-electron chi connectivity index (χ1n) is 9.31. The van der Waals surface area contributed by atoms with Crippen LogP contribution in [0.15, 0.2) is 49.1 Å². The molecule has 0 aliphatic carbocycles. The molecular formula is C22H30O9. The predicted molar refractivity (Wildman–Crippen MR) is 112 cm³/mol. The molecule has 0 saturated carbocycles. The van der Waals surface area contributed by atoms with E-state index in [1.54, 1.807) is 13.8 Å². The number of hydrogen-bond acceptors (Lipinski definition) is 9. The zero-order chi connectivity index (χ0) is 24.2. The summed E-state index contributed by atoms with van der Waals surface area (Å²) in [7, 11) is 0. The van der Waals surface area contributed by atoms with Crippen molar-refractivity contribution >= 4 is 23.9 Å². The van der Waals surface area contributed by atoms with Crippen LogP contribution in [-0.4, -0.2) is 61.0 Å². The second-order valence-electron chi connectivity index (χ2n) is 7.45. The van der Waals surface area contributed by atoms with Crippen LogP contribution in [-0.2, 0) is 38.1 Å². The molecule has 0 aromatic rings. The number of carbonyl (C=O) groups is 4. The van der Waals surface area contributed by atoms with E-state index in [1.165, 1.54) is 19.9 Å². The van der Waals surface area contributed by atoms with Crippen LogP contribution >= 0.6 is 0 Å². The van der Waals surface area contributed by atoms with E-state index in [-0.39, 0.29) is 24.4 Å². The fourth-order valence-electron chi connectivity index (χ4n) is 1.84. The Morgan fingerprint density at radius 1 is 0.935 bits per heavy atom.